The first-order valence-electron chi connectivity index (χ1n) is 7.32. The number of hydrogen-bond acceptors (Lipinski definition) is 6. The Morgan fingerprint density at radius 1 is 1.16 bits per heavy atom. The number of amides is 1. The van der Waals surface area contributed by atoms with Crippen molar-refractivity contribution in [1.82, 2.24) is 10.3 Å². The summed E-state index contributed by atoms with van der Waals surface area (Å²) >= 11 is 0. The van der Waals surface area contributed by atoms with Crippen molar-refractivity contribution in [2.75, 3.05) is 0 Å². The van der Waals surface area contributed by atoms with Crippen LogP contribution in [0.3, 0.4) is 0 Å². The lowest BCUT2D eigenvalue weighted by Crippen LogP contribution is -2.22. The van der Waals surface area contributed by atoms with Crippen molar-refractivity contribution in [1.29, 1.82) is 0 Å². The van der Waals surface area contributed by atoms with Crippen LogP contribution in [0.1, 0.15) is 16.1 Å². The Morgan fingerprint density at radius 3 is 2.60 bits per heavy atom. The number of pyridine rings is 1. The molecule has 1 amide bonds. The van der Waals surface area contributed by atoms with Crippen molar-refractivity contribution in [2.24, 2.45) is 0 Å². The zero-order valence-electron chi connectivity index (χ0n) is 12.9. The lowest BCUT2D eigenvalue weighted by Gasteiger charge is -2.06. The summed E-state index contributed by atoms with van der Waals surface area (Å²) in [6.45, 7) is 0.200. The number of nitrogens with zero attached hydrogens (tertiary/aromatic N) is 2. The van der Waals surface area contributed by atoms with E-state index in [2.05, 4.69) is 10.3 Å². The second kappa shape index (κ2) is 7.26. The van der Waals surface area contributed by atoms with Crippen LogP contribution in [0.15, 0.2) is 65.2 Å². The first-order chi connectivity index (χ1) is 12.1. The molecule has 0 saturated heterocycles. The van der Waals surface area contributed by atoms with Crippen molar-refractivity contribution in [3.63, 3.8) is 0 Å². The highest BCUT2D eigenvalue weighted by atomic mass is 16.6. The van der Waals surface area contributed by atoms with Crippen molar-refractivity contribution in [2.45, 2.75) is 6.54 Å². The molecule has 0 fully saturated rings. The number of nitro groups is 1. The molecule has 0 aliphatic heterocycles. The van der Waals surface area contributed by atoms with Crippen LogP contribution in [0.2, 0.25) is 0 Å². The fourth-order valence-electron chi connectivity index (χ4n) is 2.00. The first kappa shape index (κ1) is 16.2. The lowest BCUT2D eigenvalue weighted by atomic mass is 10.3. The second-order valence-corrected chi connectivity index (χ2v) is 5.00. The highest BCUT2D eigenvalue weighted by molar-refractivity contribution is 5.91. The molecule has 2 aromatic heterocycles. The van der Waals surface area contributed by atoms with Gasteiger partial charge in [0, 0.05) is 18.8 Å². The van der Waals surface area contributed by atoms with Crippen molar-refractivity contribution >= 4 is 11.8 Å². The fraction of sp³-hybridized carbons (Fsp3) is 0.0588. The van der Waals surface area contributed by atoms with E-state index in [4.69, 9.17) is 9.15 Å². The summed E-state index contributed by atoms with van der Waals surface area (Å²) < 4.78 is 10.4. The number of para-hydroxylation sites is 1. The Labute approximate surface area is 142 Å². The van der Waals surface area contributed by atoms with Gasteiger partial charge in [-0.15, -0.1) is 0 Å². The van der Waals surface area contributed by atoms with Gasteiger partial charge in [0.15, 0.2) is 5.76 Å². The average molecular weight is 339 g/mol. The van der Waals surface area contributed by atoms with Crippen LogP contribution in [0.5, 0.6) is 11.6 Å². The molecule has 0 spiro atoms. The number of nitrogens with one attached hydrogen (secondary N) is 1. The second-order valence-electron chi connectivity index (χ2n) is 5.00. The quantitative estimate of drug-likeness (QED) is 0.545. The SMILES string of the molecule is O=C(NCc1ccc(Oc2ccccc2)nc1)c1ccc([N+](=O)[O-])o1. The van der Waals surface area contributed by atoms with E-state index in [1.807, 2.05) is 30.3 Å². The van der Waals surface area contributed by atoms with Crippen molar-refractivity contribution in [3.8, 4) is 11.6 Å². The molecule has 0 atom stereocenters. The molecule has 3 aromatic rings. The van der Waals surface area contributed by atoms with Gasteiger partial charge in [-0.25, -0.2) is 4.98 Å². The molecule has 0 aliphatic rings. The van der Waals surface area contributed by atoms with Crippen LogP contribution in [-0.2, 0) is 6.54 Å². The summed E-state index contributed by atoms with van der Waals surface area (Å²) in [5, 5.41) is 13.1. The van der Waals surface area contributed by atoms with Gasteiger partial charge >= 0.3 is 5.88 Å². The predicted molar refractivity (Wildman–Crippen MR) is 87.3 cm³/mol. The third-order valence-corrected chi connectivity index (χ3v) is 3.21. The molecule has 1 N–H and O–H groups in total. The van der Waals surface area contributed by atoms with Gasteiger partial charge in [-0.3, -0.25) is 14.9 Å². The number of benzene rings is 1. The molecule has 0 unspecified atom stereocenters. The van der Waals surface area contributed by atoms with Gasteiger partial charge in [-0.05, 0) is 23.8 Å². The number of hydrogen-bond donors (Lipinski definition) is 1. The average Bonchev–Trinajstić information content (AvgIpc) is 3.12. The van der Waals surface area contributed by atoms with E-state index >= 15 is 0 Å². The molecule has 2 heterocycles. The van der Waals surface area contributed by atoms with E-state index in [-0.39, 0.29) is 12.3 Å². The van der Waals surface area contributed by atoms with E-state index in [1.54, 1.807) is 18.3 Å². The molecule has 8 heteroatoms. The lowest BCUT2D eigenvalue weighted by molar-refractivity contribution is -0.402. The van der Waals surface area contributed by atoms with Crippen LogP contribution < -0.4 is 10.1 Å². The minimum atomic E-state index is -0.702. The van der Waals surface area contributed by atoms with Gasteiger partial charge in [0.25, 0.3) is 5.91 Å². The summed E-state index contributed by atoms with van der Waals surface area (Å²) in [5.74, 6) is -0.0333. The number of furan rings is 1. The summed E-state index contributed by atoms with van der Waals surface area (Å²) in [5.41, 5.74) is 0.745. The van der Waals surface area contributed by atoms with Crippen molar-refractivity contribution < 1.29 is 18.9 Å². The highest BCUT2D eigenvalue weighted by Crippen LogP contribution is 2.19. The van der Waals surface area contributed by atoms with Crippen LogP contribution in [0.4, 0.5) is 5.88 Å². The van der Waals surface area contributed by atoms with Crippen LogP contribution in [-0.4, -0.2) is 15.8 Å². The standard InChI is InChI=1S/C17H13N3O5/c21-17(14-7-9-16(25-14)20(22)23)19-11-12-6-8-15(18-10-12)24-13-4-2-1-3-5-13/h1-10H,11H2,(H,19,21). The minimum absolute atomic E-state index is 0.122. The molecular formula is C17H13N3O5. The molecule has 0 saturated carbocycles. The van der Waals surface area contributed by atoms with E-state index < -0.39 is 16.7 Å². The molecule has 0 bridgehead atoms. The molecule has 1 aromatic carbocycles. The van der Waals surface area contributed by atoms with Gasteiger partial charge in [0.05, 0.1) is 6.07 Å². The molecular weight excluding hydrogens is 326 g/mol. The molecule has 0 aliphatic carbocycles. The summed E-state index contributed by atoms with van der Waals surface area (Å²) in [7, 11) is 0. The number of ether oxygens (including phenoxy) is 1. The number of aromatic nitrogens is 1. The largest absolute Gasteiger partial charge is 0.439 e. The molecule has 126 valence electrons. The van der Waals surface area contributed by atoms with Gasteiger partial charge < -0.3 is 14.5 Å². The number of rotatable bonds is 6. The van der Waals surface area contributed by atoms with Crippen LogP contribution in [0.25, 0.3) is 0 Å². The van der Waals surface area contributed by atoms with Gasteiger partial charge in [0.2, 0.25) is 5.88 Å². The Morgan fingerprint density at radius 2 is 1.96 bits per heavy atom. The Hall–Kier alpha value is -3.68. The molecule has 0 radical (unpaired) electrons. The Kier molecular flexibility index (Phi) is 4.70. The molecule has 8 nitrogen and oxygen atoms in total. The number of carbonyl (C=O) groups excluding carboxylic acids is 1. The van der Waals surface area contributed by atoms with Crippen LogP contribution in [0, 0.1) is 10.1 Å². The third-order valence-electron chi connectivity index (χ3n) is 3.21. The maximum atomic E-state index is 11.9. The van der Waals surface area contributed by atoms with E-state index in [1.165, 1.54) is 6.07 Å². The predicted octanol–water partition coefficient (Wildman–Crippen LogP) is 3.31. The molecule has 25 heavy (non-hydrogen) atoms. The van der Waals surface area contributed by atoms with Crippen molar-refractivity contribution in [3.05, 3.63) is 82.2 Å². The summed E-state index contributed by atoms with van der Waals surface area (Å²) in [6, 6.07) is 15.1. The summed E-state index contributed by atoms with van der Waals surface area (Å²) in [4.78, 5) is 25.9. The minimum Gasteiger partial charge on any atom is -0.439 e. The fourth-order valence-corrected chi connectivity index (χ4v) is 2.00. The number of carbonyl (C=O) groups is 1. The van der Waals surface area contributed by atoms with E-state index in [9.17, 15) is 14.9 Å². The first-order valence-corrected chi connectivity index (χ1v) is 7.32. The monoisotopic (exact) mass is 339 g/mol. The summed E-state index contributed by atoms with van der Waals surface area (Å²) in [6.07, 6.45) is 1.57. The van der Waals surface area contributed by atoms with Gasteiger partial charge in [-0.1, -0.05) is 24.3 Å². The maximum absolute atomic E-state index is 11.9. The zero-order chi connectivity index (χ0) is 17.6. The topological polar surface area (TPSA) is 108 Å². The normalized spacial score (nSPS) is 10.2. The smallest absolute Gasteiger partial charge is 0.433 e. The molecule has 3 rings (SSSR count). The Balaban J connectivity index is 1.56. The zero-order valence-corrected chi connectivity index (χ0v) is 12.9. The van der Waals surface area contributed by atoms with E-state index in [0.29, 0.717) is 11.6 Å². The van der Waals surface area contributed by atoms with Gasteiger partial charge in [0.1, 0.15) is 10.7 Å². The maximum Gasteiger partial charge on any atom is 0.433 e. The van der Waals surface area contributed by atoms with E-state index in [0.717, 1.165) is 11.6 Å². The third kappa shape index (κ3) is 4.20. The van der Waals surface area contributed by atoms with Crippen LogP contribution >= 0.6 is 0 Å². The highest BCUT2D eigenvalue weighted by Gasteiger charge is 2.16. The van der Waals surface area contributed by atoms with Gasteiger partial charge in [-0.2, -0.15) is 0 Å². The Bertz CT molecular complexity index is 875.